The summed E-state index contributed by atoms with van der Waals surface area (Å²) in [6.07, 6.45) is 2.24. The van der Waals surface area contributed by atoms with E-state index >= 15 is 0 Å². The van der Waals surface area contributed by atoms with Crippen LogP contribution in [0.1, 0.15) is 47.1 Å². The van der Waals surface area contributed by atoms with E-state index in [2.05, 4.69) is 4.98 Å². The molecule has 0 bridgehead atoms. The number of hydrogen-bond donors (Lipinski definition) is 1. The van der Waals surface area contributed by atoms with E-state index in [0.29, 0.717) is 0 Å². The molecule has 2 rings (SSSR count). The summed E-state index contributed by atoms with van der Waals surface area (Å²) < 4.78 is 39.9. The molecule has 1 aromatic carbocycles. The Bertz CT molecular complexity index is 985. The number of aromatic nitrogens is 1. The Morgan fingerprint density at radius 1 is 1.06 bits per heavy atom. The zero-order chi connectivity index (χ0) is 23.4. The summed E-state index contributed by atoms with van der Waals surface area (Å²) in [5, 5.41) is 1.01. The predicted octanol–water partition coefficient (Wildman–Crippen LogP) is 4.06. The molecule has 9 heteroatoms. The van der Waals surface area contributed by atoms with Crippen LogP contribution < -0.4 is 0 Å². The SMILES string of the molecule is CC(C)(C)OC[C@@H](COS(C)(=O)=O)N(Cc1cccc2cc[nH]c12)C(=O)OC(C)(C)C. The lowest BCUT2D eigenvalue weighted by atomic mass is 10.1. The van der Waals surface area contributed by atoms with Crippen LogP contribution in [0.25, 0.3) is 10.9 Å². The lowest BCUT2D eigenvalue weighted by molar-refractivity contribution is -0.0513. The molecular weight excluding hydrogens is 420 g/mol. The maximum Gasteiger partial charge on any atom is 0.411 e. The van der Waals surface area contributed by atoms with Crippen LogP contribution in [0, 0.1) is 0 Å². The number of benzene rings is 1. The Morgan fingerprint density at radius 2 is 1.74 bits per heavy atom. The molecule has 0 unspecified atom stereocenters. The van der Waals surface area contributed by atoms with E-state index in [1.165, 1.54) is 4.90 Å². The van der Waals surface area contributed by atoms with Gasteiger partial charge in [-0.25, -0.2) is 4.79 Å². The average Bonchev–Trinajstić information content (AvgIpc) is 3.06. The van der Waals surface area contributed by atoms with Crippen LogP contribution in [0.3, 0.4) is 0 Å². The molecule has 174 valence electrons. The number of rotatable bonds is 8. The van der Waals surface area contributed by atoms with E-state index < -0.39 is 33.5 Å². The Labute approximate surface area is 185 Å². The van der Waals surface area contributed by atoms with Crippen LogP contribution >= 0.6 is 0 Å². The topological polar surface area (TPSA) is 97.9 Å². The van der Waals surface area contributed by atoms with Crippen LogP contribution in [0.2, 0.25) is 0 Å². The van der Waals surface area contributed by atoms with Crippen molar-refractivity contribution >= 4 is 27.1 Å². The average molecular weight is 455 g/mol. The van der Waals surface area contributed by atoms with Crippen molar-refractivity contribution in [3.63, 3.8) is 0 Å². The van der Waals surface area contributed by atoms with Crippen LogP contribution in [0.4, 0.5) is 4.79 Å². The van der Waals surface area contributed by atoms with Gasteiger partial charge in [-0.3, -0.25) is 9.08 Å². The molecule has 1 atom stereocenters. The third kappa shape index (κ3) is 8.51. The number of hydrogen-bond acceptors (Lipinski definition) is 6. The minimum Gasteiger partial charge on any atom is -0.444 e. The number of carbonyl (C=O) groups is 1. The Hall–Kier alpha value is -2.10. The third-order valence-electron chi connectivity index (χ3n) is 4.27. The normalized spacial score (nSPS) is 13.9. The smallest absolute Gasteiger partial charge is 0.411 e. The fourth-order valence-electron chi connectivity index (χ4n) is 2.90. The highest BCUT2D eigenvalue weighted by atomic mass is 32.2. The molecule has 0 aliphatic rings. The molecule has 1 N–H and O–H groups in total. The van der Waals surface area contributed by atoms with Gasteiger partial charge in [-0.05, 0) is 58.6 Å². The van der Waals surface area contributed by atoms with E-state index in [-0.39, 0.29) is 19.8 Å². The molecule has 31 heavy (non-hydrogen) atoms. The second kappa shape index (κ2) is 9.58. The maximum atomic E-state index is 13.2. The molecule has 1 aromatic heterocycles. The number of H-pyrrole nitrogens is 1. The maximum absolute atomic E-state index is 13.2. The summed E-state index contributed by atoms with van der Waals surface area (Å²) in [4.78, 5) is 17.8. The van der Waals surface area contributed by atoms with Gasteiger partial charge in [0, 0.05) is 6.20 Å². The van der Waals surface area contributed by atoms with Crippen molar-refractivity contribution in [2.45, 2.75) is 65.3 Å². The number of carbonyl (C=O) groups excluding carboxylic acids is 1. The van der Waals surface area contributed by atoms with Crippen LogP contribution in [-0.2, 0) is 30.3 Å². The molecule has 0 aliphatic carbocycles. The highest BCUT2D eigenvalue weighted by molar-refractivity contribution is 7.85. The highest BCUT2D eigenvalue weighted by Gasteiger charge is 2.31. The van der Waals surface area contributed by atoms with Crippen molar-refractivity contribution in [1.82, 2.24) is 9.88 Å². The first-order valence-corrected chi connectivity index (χ1v) is 12.0. The largest absolute Gasteiger partial charge is 0.444 e. The van der Waals surface area contributed by atoms with Crippen molar-refractivity contribution in [2.24, 2.45) is 0 Å². The van der Waals surface area contributed by atoms with Gasteiger partial charge in [-0.15, -0.1) is 0 Å². The minimum atomic E-state index is -3.71. The molecular formula is C22H34N2O6S. The fraction of sp³-hybridized carbons (Fsp3) is 0.591. The molecule has 0 radical (unpaired) electrons. The van der Waals surface area contributed by atoms with Crippen molar-refractivity contribution < 1.29 is 26.9 Å². The summed E-state index contributed by atoms with van der Waals surface area (Å²) in [5.41, 5.74) is 0.563. The standard InChI is InChI=1S/C22H34N2O6S/c1-21(2,3)28-14-18(15-29-31(7,26)27)24(20(25)30-22(4,5)6)13-17-10-8-9-16-11-12-23-19(16)17/h8-12,18,23H,13-15H2,1-7H3/t18-/m0/s1. The first-order chi connectivity index (χ1) is 14.1. The van der Waals surface area contributed by atoms with Gasteiger partial charge in [0.15, 0.2) is 0 Å². The molecule has 0 saturated heterocycles. The van der Waals surface area contributed by atoms with E-state index in [4.69, 9.17) is 13.7 Å². The highest BCUT2D eigenvalue weighted by Crippen LogP contribution is 2.22. The summed E-state index contributed by atoms with van der Waals surface area (Å²) in [6, 6.07) is 7.06. The predicted molar refractivity (Wildman–Crippen MR) is 120 cm³/mol. The molecule has 8 nitrogen and oxygen atoms in total. The van der Waals surface area contributed by atoms with Gasteiger partial charge in [-0.2, -0.15) is 8.42 Å². The number of amides is 1. The number of para-hydroxylation sites is 1. The minimum absolute atomic E-state index is 0.0823. The third-order valence-corrected chi connectivity index (χ3v) is 4.83. The summed E-state index contributed by atoms with van der Waals surface area (Å²) in [6.45, 7) is 11.0. The molecule has 0 spiro atoms. The molecule has 0 saturated carbocycles. The molecule has 1 heterocycles. The van der Waals surface area contributed by atoms with Crippen LogP contribution in [0.5, 0.6) is 0 Å². The first-order valence-electron chi connectivity index (χ1n) is 10.2. The lowest BCUT2D eigenvalue weighted by Crippen LogP contribution is -2.48. The van der Waals surface area contributed by atoms with Crippen LogP contribution in [-0.4, -0.2) is 61.1 Å². The Morgan fingerprint density at radius 3 is 2.32 bits per heavy atom. The van der Waals surface area contributed by atoms with Crippen molar-refractivity contribution in [2.75, 3.05) is 19.5 Å². The number of ether oxygens (including phenoxy) is 2. The van der Waals surface area contributed by atoms with Crippen molar-refractivity contribution in [3.8, 4) is 0 Å². The summed E-state index contributed by atoms with van der Waals surface area (Å²) >= 11 is 0. The first kappa shape index (κ1) is 25.2. The van der Waals surface area contributed by atoms with Gasteiger partial charge < -0.3 is 14.5 Å². The van der Waals surface area contributed by atoms with Crippen molar-refractivity contribution in [3.05, 3.63) is 36.0 Å². The van der Waals surface area contributed by atoms with Gasteiger partial charge >= 0.3 is 6.09 Å². The zero-order valence-electron chi connectivity index (χ0n) is 19.4. The Balaban J connectivity index is 2.41. The monoisotopic (exact) mass is 454 g/mol. The second-order valence-electron chi connectivity index (χ2n) is 9.53. The van der Waals surface area contributed by atoms with E-state index in [0.717, 1.165) is 22.7 Å². The number of nitrogens with one attached hydrogen (secondary N) is 1. The van der Waals surface area contributed by atoms with Crippen LogP contribution in [0.15, 0.2) is 30.5 Å². The van der Waals surface area contributed by atoms with E-state index in [9.17, 15) is 13.2 Å². The van der Waals surface area contributed by atoms with Gasteiger partial charge in [0.2, 0.25) is 0 Å². The summed E-state index contributed by atoms with van der Waals surface area (Å²) in [7, 11) is -3.71. The second-order valence-corrected chi connectivity index (χ2v) is 11.2. The fourth-order valence-corrected chi connectivity index (χ4v) is 3.31. The van der Waals surface area contributed by atoms with Crippen molar-refractivity contribution in [1.29, 1.82) is 0 Å². The summed E-state index contributed by atoms with van der Waals surface area (Å²) in [5.74, 6) is 0. The molecule has 2 aromatic rings. The molecule has 1 amide bonds. The number of fused-ring (bicyclic) bond motifs is 1. The van der Waals surface area contributed by atoms with Gasteiger partial charge in [0.05, 0.1) is 43.2 Å². The molecule has 0 fully saturated rings. The van der Waals surface area contributed by atoms with Gasteiger partial charge in [0.1, 0.15) is 5.60 Å². The number of nitrogens with zero attached hydrogens (tertiary/aromatic N) is 1. The quantitative estimate of drug-likeness (QED) is 0.604. The Kier molecular flexibility index (Phi) is 7.78. The molecule has 0 aliphatic heterocycles. The zero-order valence-corrected chi connectivity index (χ0v) is 20.2. The van der Waals surface area contributed by atoms with Gasteiger partial charge in [0.25, 0.3) is 10.1 Å². The lowest BCUT2D eigenvalue weighted by Gasteiger charge is -2.34. The van der Waals surface area contributed by atoms with E-state index in [1.54, 1.807) is 20.8 Å². The van der Waals surface area contributed by atoms with Gasteiger partial charge in [-0.1, -0.05) is 18.2 Å². The number of aromatic amines is 1. The van der Waals surface area contributed by atoms with E-state index in [1.807, 2.05) is 51.2 Å².